The Morgan fingerprint density at radius 3 is 2.38 bits per heavy atom. The molecule has 0 aromatic heterocycles. The molecular formula is C25H27ClN2O5S. The molecule has 7 nitrogen and oxygen atoms in total. The molecule has 34 heavy (non-hydrogen) atoms. The molecule has 1 amide bonds. The Balaban J connectivity index is 1.50. The van der Waals surface area contributed by atoms with E-state index in [0.29, 0.717) is 13.0 Å². The maximum absolute atomic E-state index is 12.7. The Labute approximate surface area is 205 Å². The second-order valence-corrected chi connectivity index (χ2v) is 9.70. The lowest BCUT2D eigenvalue weighted by Gasteiger charge is -2.15. The van der Waals surface area contributed by atoms with Crippen molar-refractivity contribution in [3.05, 3.63) is 88.9 Å². The van der Waals surface area contributed by atoms with Crippen LogP contribution in [0.1, 0.15) is 24.1 Å². The maximum atomic E-state index is 12.7. The Hall–Kier alpha value is -3.07. The molecule has 3 aromatic rings. The summed E-state index contributed by atoms with van der Waals surface area (Å²) in [5.74, 6) is 0.694. The molecule has 0 saturated carbocycles. The highest BCUT2D eigenvalue weighted by molar-refractivity contribution is 7.89. The van der Waals surface area contributed by atoms with Crippen LogP contribution in [0.5, 0.6) is 11.5 Å². The van der Waals surface area contributed by atoms with E-state index in [4.69, 9.17) is 21.1 Å². The number of sulfonamides is 1. The van der Waals surface area contributed by atoms with Crippen molar-refractivity contribution in [3.8, 4) is 11.5 Å². The Kier molecular flexibility index (Phi) is 8.92. The summed E-state index contributed by atoms with van der Waals surface area (Å²) < 4.78 is 38.7. The topological polar surface area (TPSA) is 93.7 Å². The molecular weight excluding hydrogens is 476 g/mol. The molecule has 1 atom stereocenters. The molecule has 0 aliphatic heterocycles. The van der Waals surface area contributed by atoms with Crippen LogP contribution in [0, 0.1) is 0 Å². The lowest BCUT2D eigenvalue weighted by Crippen LogP contribution is -2.30. The quantitative estimate of drug-likeness (QED) is 0.411. The minimum absolute atomic E-state index is 0.0107. The van der Waals surface area contributed by atoms with Gasteiger partial charge in [-0.3, -0.25) is 4.79 Å². The summed E-state index contributed by atoms with van der Waals surface area (Å²) in [5, 5.41) is 2.88. The Bertz CT molecular complexity index is 1200. The van der Waals surface area contributed by atoms with E-state index in [1.54, 1.807) is 14.0 Å². The molecule has 0 aliphatic rings. The zero-order valence-electron chi connectivity index (χ0n) is 19.0. The number of nitrogens with one attached hydrogen (secondary N) is 2. The van der Waals surface area contributed by atoms with Gasteiger partial charge in [0.15, 0.2) is 6.61 Å². The number of hydrogen-bond acceptors (Lipinski definition) is 5. The summed E-state index contributed by atoms with van der Waals surface area (Å²) in [6, 6.07) is 20.6. The van der Waals surface area contributed by atoms with Gasteiger partial charge in [-0.1, -0.05) is 54.1 Å². The lowest BCUT2D eigenvalue weighted by atomic mass is 10.1. The van der Waals surface area contributed by atoms with Crippen LogP contribution in [0.25, 0.3) is 0 Å². The summed E-state index contributed by atoms with van der Waals surface area (Å²) >= 11 is 6.22. The second kappa shape index (κ2) is 11.9. The van der Waals surface area contributed by atoms with Gasteiger partial charge in [0, 0.05) is 12.6 Å². The van der Waals surface area contributed by atoms with Crippen LogP contribution in [-0.2, 0) is 21.2 Å². The van der Waals surface area contributed by atoms with Gasteiger partial charge in [-0.25, -0.2) is 13.1 Å². The first kappa shape index (κ1) is 25.6. The molecule has 0 bridgehead atoms. The molecule has 9 heteroatoms. The first-order valence-electron chi connectivity index (χ1n) is 10.7. The number of rotatable bonds is 11. The van der Waals surface area contributed by atoms with Crippen molar-refractivity contribution in [2.45, 2.75) is 24.3 Å². The first-order valence-corrected chi connectivity index (χ1v) is 12.5. The van der Waals surface area contributed by atoms with Crippen LogP contribution >= 0.6 is 11.6 Å². The Morgan fingerprint density at radius 1 is 1.03 bits per heavy atom. The number of methoxy groups -OCH3 is 1. The molecule has 3 rings (SSSR count). The number of amides is 1. The van der Waals surface area contributed by atoms with Crippen LogP contribution in [0.3, 0.4) is 0 Å². The van der Waals surface area contributed by atoms with E-state index in [0.717, 1.165) is 16.9 Å². The highest BCUT2D eigenvalue weighted by Gasteiger charge is 2.20. The van der Waals surface area contributed by atoms with E-state index >= 15 is 0 Å². The second-order valence-electron chi connectivity index (χ2n) is 7.58. The van der Waals surface area contributed by atoms with E-state index in [9.17, 15) is 13.2 Å². The fourth-order valence-electron chi connectivity index (χ4n) is 3.21. The number of carbonyl (C=O) groups excluding carboxylic acids is 1. The largest absolute Gasteiger partial charge is 0.497 e. The van der Waals surface area contributed by atoms with Crippen molar-refractivity contribution < 1.29 is 22.7 Å². The van der Waals surface area contributed by atoms with Crippen molar-refractivity contribution in [1.82, 2.24) is 10.0 Å². The van der Waals surface area contributed by atoms with Gasteiger partial charge in [-0.05, 0) is 54.8 Å². The maximum Gasteiger partial charge on any atom is 0.257 e. The number of carbonyl (C=O) groups is 1. The molecule has 0 aliphatic carbocycles. The molecule has 2 N–H and O–H groups in total. The monoisotopic (exact) mass is 502 g/mol. The molecule has 0 unspecified atom stereocenters. The van der Waals surface area contributed by atoms with Crippen LogP contribution in [0.15, 0.2) is 77.7 Å². The van der Waals surface area contributed by atoms with E-state index in [2.05, 4.69) is 10.0 Å². The molecule has 0 fully saturated rings. The average Bonchev–Trinajstić information content (AvgIpc) is 2.84. The smallest absolute Gasteiger partial charge is 0.257 e. The SMILES string of the molecule is COc1ccc(CCNC(=O)COc2ccc(S(=O)(=O)N[C@@H](C)c3ccccc3)cc2Cl)cc1. The van der Waals surface area contributed by atoms with E-state index < -0.39 is 16.1 Å². The van der Waals surface area contributed by atoms with Crippen LogP contribution in [0.4, 0.5) is 0 Å². The van der Waals surface area contributed by atoms with Gasteiger partial charge in [0.2, 0.25) is 10.0 Å². The van der Waals surface area contributed by atoms with E-state index in [-0.39, 0.29) is 28.2 Å². The third-order valence-electron chi connectivity index (χ3n) is 5.10. The highest BCUT2D eigenvalue weighted by atomic mass is 35.5. The van der Waals surface area contributed by atoms with Crippen molar-refractivity contribution >= 4 is 27.5 Å². The van der Waals surface area contributed by atoms with Gasteiger partial charge in [-0.2, -0.15) is 0 Å². The fraction of sp³-hybridized carbons (Fsp3) is 0.240. The fourth-order valence-corrected chi connectivity index (χ4v) is 4.77. The average molecular weight is 503 g/mol. The summed E-state index contributed by atoms with van der Waals surface area (Å²) in [5.41, 5.74) is 1.91. The standard InChI is InChI=1S/C25H27ClN2O5S/c1-18(20-6-4-3-5-7-20)28-34(30,31)22-12-13-24(23(26)16-22)33-17-25(29)27-15-14-19-8-10-21(32-2)11-9-19/h3-13,16,18,28H,14-15,17H2,1-2H3,(H,27,29)/t18-/m0/s1. The van der Waals surface area contributed by atoms with Gasteiger partial charge in [-0.15, -0.1) is 0 Å². The normalized spacial score (nSPS) is 12.1. The summed E-state index contributed by atoms with van der Waals surface area (Å²) in [6.45, 7) is 1.97. The predicted molar refractivity (Wildman–Crippen MR) is 132 cm³/mol. The number of benzene rings is 3. The molecule has 0 heterocycles. The summed E-state index contributed by atoms with van der Waals surface area (Å²) in [6.07, 6.45) is 0.664. The number of ether oxygens (including phenoxy) is 2. The highest BCUT2D eigenvalue weighted by Crippen LogP contribution is 2.28. The van der Waals surface area contributed by atoms with Crippen molar-refractivity contribution in [1.29, 1.82) is 0 Å². The van der Waals surface area contributed by atoms with Crippen LogP contribution in [-0.4, -0.2) is 34.6 Å². The molecule has 0 radical (unpaired) electrons. The summed E-state index contributed by atoms with van der Waals surface area (Å²) in [7, 11) is -2.19. The summed E-state index contributed by atoms with van der Waals surface area (Å²) in [4.78, 5) is 12.1. The van der Waals surface area contributed by atoms with Crippen LogP contribution in [0.2, 0.25) is 5.02 Å². The van der Waals surface area contributed by atoms with Crippen molar-refractivity contribution in [3.63, 3.8) is 0 Å². The van der Waals surface area contributed by atoms with Gasteiger partial charge in [0.25, 0.3) is 5.91 Å². The molecule has 0 saturated heterocycles. The number of halogens is 1. The van der Waals surface area contributed by atoms with E-state index in [1.165, 1.54) is 18.2 Å². The molecule has 3 aromatic carbocycles. The third kappa shape index (κ3) is 7.21. The minimum Gasteiger partial charge on any atom is -0.497 e. The van der Waals surface area contributed by atoms with Crippen molar-refractivity contribution in [2.24, 2.45) is 0 Å². The zero-order valence-corrected chi connectivity index (χ0v) is 20.5. The van der Waals surface area contributed by atoms with Crippen molar-refractivity contribution in [2.75, 3.05) is 20.3 Å². The van der Waals surface area contributed by atoms with Gasteiger partial charge < -0.3 is 14.8 Å². The first-order chi connectivity index (χ1) is 16.3. The predicted octanol–water partition coefficient (Wildman–Crippen LogP) is 4.13. The lowest BCUT2D eigenvalue weighted by molar-refractivity contribution is -0.123. The Morgan fingerprint density at radius 2 is 1.74 bits per heavy atom. The molecule has 0 spiro atoms. The minimum atomic E-state index is -3.80. The van der Waals surface area contributed by atoms with Gasteiger partial charge in [0.1, 0.15) is 11.5 Å². The van der Waals surface area contributed by atoms with Gasteiger partial charge >= 0.3 is 0 Å². The van der Waals surface area contributed by atoms with Crippen LogP contribution < -0.4 is 19.5 Å². The number of hydrogen-bond donors (Lipinski definition) is 2. The molecule has 180 valence electrons. The van der Waals surface area contributed by atoms with Gasteiger partial charge in [0.05, 0.1) is 17.0 Å². The zero-order chi connectivity index (χ0) is 24.6. The third-order valence-corrected chi connectivity index (χ3v) is 6.93. The van der Waals surface area contributed by atoms with E-state index in [1.807, 2.05) is 54.6 Å².